The Labute approximate surface area is 207 Å². The first-order chi connectivity index (χ1) is 16.0. The summed E-state index contributed by atoms with van der Waals surface area (Å²) in [6.07, 6.45) is 10.4. The van der Waals surface area contributed by atoms with Crippen LogP contribution >= 0.6 is 23.4 Å². The highest BCUT2D eigenvalue weighted by molar-refractivity contribution is 8.13. The second kappa shape index (κ2) is 15.8. The number of aromatic nitrogens is 1. The van der Waals surface area contributed by atoms with Gasteiger partial charge in [0, 0.05) is 34.3 Å². The minimum atomic E-state index is -0.320. The van der Waals surface area contributed by atoms with Crippen molar-refractivity contribution >= 4 is 28.4 Å². The summed E-state index contributed by atoms with van der Waals surface area (Å²) in [6.45, 7) is 2.61. The number of nitrogens with zero attached hydrogens (tertiary/aromatic N) is 4. The van der Waals surface area contributed by atoms with Crippen LogP contribution in [-0.2, 0) is 0 Å². The first-order valence-electron chi connectivity index (χ1n) is 11.5. The standard InChI is InChI=1S/C25H35ClN4O2S/c1-29(18-9-5-3-4-7-17-28-25(33-2)20-30(31)32)19-15-23(24-10-6-8-16-27-24)21-11-13-22(26)14-12-21/h6,8,10-14,16,23H,3-5,7,9,15,17-20H2,1-2H3. The zero-order valence-corrected chi connectivity index (χ0v) is 21.2. The minimum Gasteiger partial charge on any atom is -0.306 e. The van der Waals surface area contributed by atoms with Crippen molar-refractivity contribution in [2.24, 2.45) is 4.99 Å². The Bertz CT molecular complexity index is 849. The average molecular weight is 491 g/mol. The van der Waals surface area contributed by atoms with Crippen LogP contribution in [-0.4, -0.2) is 59.3 Å². The maximum absolute atomic E-state index is 10.6. The molecular weight excluding hydrogens is 456 g/mol. The molecule has 180 valence electrons. The summed E-state index contributed by atoms with van der Waals surface area (Å²) in [5, 5.41) is 11.9. The highest BCUT2D eigenvalue weighted by atomic mass is 35.5. The van der Waals surface area contributed by atoms with Gasteiger partial charge in [0.1, 0.15) is 5.04 Å². The van der Waals surface area contributed by atoms with Crippen molar-refractivity contribution in [2.45, 2.75) is 44.4 Å². The predicted molar refractivity (Wildman–Crippen MR) is 140 cm³/mol. The Morgan fingerprint density at radius 2 is 1.85 bits per heavy atom. The van der Waals surface area contributed by atoms with Crippen molar-refractivity contribution in [3.8, 4) is 0 Å². The number of unbranched alkanes of at least 4 members (excludes halogenated alkanes) is 4. The summed E-state index contributed by atoms with van der Waals surface area (Å²) in [6, 6.07) is 14.2. The topological polar surface area (TPSA) is 71.6 Å². The van der Waals surface area contributed by atoms with Crippen LogP contribution in [0.4, 0.5) is 0 Å². The van der Waals surface area contributed by atoms with E-state index in [9.17, 15) is 10.1 Å². The number of rotatable bonds is 15. The van der Waals surface area contributed by atoms with Crippen molar-refractivity contribution in [3.05, 3.63) is 75.1 Å². The number of thioether (sulfide) groups is 1. The maximum Gasteiger partial charge on any atom is 0.250 e. The lowest BCUT2D eigenvalue weighted by Gasteiger charge is -2.22. The molecule has 0 spiro atoms. The summed E-state index contributed by atoms with van der Waals surface area (Å²) >= 11 is 7.45. The van der Waals surface area contributed by atoms with Gasteiger partial charge >= 0.3 is 0 Å². The molecule has 6 nitrogen and oxygen atoms in total. The van der Waals surface area contributed by atoms with E-state index in [0.717, 1.165) is 43.1 Å². The van der Waals surface area contributed by atoms with Gasteiger partial charge in [-0.2, -0.15) is 0 Å². The lowest BCUT2D eigenvalue weighted by atomic mass is 9.92. The van der Waals surface area contributed by atoms with Gasteiger partial charge in [0.25, 0.3) is 6.54 Å². The second-order valence-corrected chi connectivity index (χ2v) is 9.50. The molecule has 0 aliphatic rings. The molecule has 1 heterocycles. The van der Waals surface area contributed by atoms with Crippen molar-refractivity contribution < 1.29 is 4.92 Å². The van der Waals surface area contributed by atoms with E-state index in [1.165, 1.54) is 36.6 Å². The van der Waals surface area contributed by atoms with Gasteiger partial charge in [-0.25, -0.2) is 0 Å². The molecule has 0 amide bonds. The first kappa shape index (κ1) is 27.3. The first-order valence-corrected chi connectivity index (χ1v) is 13.1. The van der Waals surface area contributed by atoms with Crippen LogP contribution in [0.1, 0.15) is 55.7 Å². The number of hydrogen-bond acceptors (Lipinski definition) is 6. The number of hydrogen-bond donors (Lipinski definition) is 0. The highest BCUT2D eigenvalue weighted by Gasteiger charge is 2.16. The van der Waals surface area contributed by atoms with Gasteiger partial charge in [-0.1, -0.05) is 49.1 Å². The molecular formula is C25H35ClN4O2S. The van der Waals surface area contributed by atoms with Gasteiger partial charge in [-0.05, 0) is 75.5 Å². The smallest absolute Gasteiger partial charge is 0.250 e. The van der Waals surface area contributed by atoms with Crippen LogP contribution < -0.4 is 0 Å². The summed E-state index contributed by atoms with van der Waals surface area (Å²) < 4.78 is 0. The molecule has 1 aromatic carbocycles. The zero-order chi connectivity index (χ0) is 23.9. The Morgan fingerprint density at radius 3 is 2.52 bits per heavy atom. The SMILES string of the molecule is CSC(C[N+](=O)[O-])=NCCCCCCCN(C)CCC(c1ccc(Cl)cc1)c1ccccn1. The molecule has 0 radical (unpaired) electrons. The van der Waals surface area contributed by atoms with E-state index in [0.29, 0.717) is 11.6 Å². The fourth-order valence-electron chi connectivity index (χ4n) is 3.74. The van der Waals surface area contributed by atoms with Gasteiger partial charge in [0.2, 0.25) is 0 Å². The number of benzene rings is 1. The van der Waals surface area contributed by atoms with Crippen LogP contribution in [0.2, 0.25) is 5.02 Å². The monoisotopic (exact) mass is 490 g/mol. The highest BCUT2D eigenvalue weighted by Crippen LogP contribution is 2.27. The minimum absolute atomic E-state index is 0.160. The van der Waals surface area contributed by atoms with Gasteiger partial charge in [-0.15, -0.1) is 11.8 Å². The van der Waals surface area contributed by atoms with E-state index in [4.69, 9.17) is 11.6 Å². The molecule has 1 unspecified atom stereocenters. The molecule has 33 heavy (non-hydrogen) atoms. The molecule has 0 N–H and O–H groups in total. The third-order valence-corrected chi connectivity index (χ3v) is 6.58. The van der Waals surface area contributed by atoms with Gasteiger partial charge in [-0.3, -0.25) is 20.1 Å². The summed E-state index contributed by atoms with van der Waals surface area (Å²) in [4.78, 5) is 21.6. The fourth-order valence-corrected chi connectivity index (χ4v) is 4.32. The molecule has 0 aliphatic heterocycles. The third-order valence-electron chi connectivity index (χ3n) is 5.60. The largest absolute Gasteiger partial charge is 0.306 e. The molecule has 8 heteroatoms. The lowest BCUT2D eigenvalue weighted by molar-refractivity contribution is -0.462. The normalized spacial score (nSPS) is 12.8. The van der Waals surface area contributed by atoms with E-state index in [1.54, 1.807) is 0 Å². The molecule has 0 aliphatic carbocycles. The molecule has 0 saturated heterocycles. The van der Waals surface area contributed by atoms with E-state index in [2.05, 4.69) is 40.1 Å². The Kier molecular flexibility index (Phi) is 13.1. The average Bonchev–Trinajstić information content (AvgIpc) is 2.81. The maximum atomic E-state index is 10.6. The van der Waals surface area contributed by atoms with Crippen molar-refractivity contribution in [2.75, 3.05) is 39.5 Å². The summed E-state index contributed by atoms with van der Waals surface area (Å²) in [5.41, 5.74) is 2.34. The number of pyridine rings is 1. The Hall–Kier alpha value is -1.96. The third kappa shape index (κ3) is 11.1. The molecule has 2 aromatic rings. The van der Waals surface area contributed by atoms with Crippen LogP contribution in [0.3, 0.4) is 0 Å². The van der Waals surface area contributed by atoms with Crippen LogP contribution in [0.25, 0.3) is 0 Å². The Balaban J connectivity index is 1.68. The summed E-state index contributed by atoms with van der Waals surface area (Å²) in [5.74, 6) is 0.257. The zero-order valence-electron chi connectivity index (χ0n) is 19.7. The summed E-state index contributed by atoms with van der Waals surface area (Å²) in [7, 11) is 2.19. The van der Waals surface area contributed by atoms with E-state index < -0.39 is 0 Å². The van der Waals surface area contributed by atoms with E-state index >= 15 is 0 Å². The second-order valence-electron chi connectivity index (χ2n) is 8.19. The quantitative estimate of drug-likeness (QED) is 0.0979. The van der Waals surface area contributed by atoms with Crippen LogP contribution in [0.5, 0.6) is 0 Å². The van der Waals surface area contributed by atoms with Crippen LogP contribution in [0, 0.1) is 10.1 Å². The van der Waals surface area contributed by atoms with Gasteiger partial charge in [0.15, 0.2) is 0 Å². The fraction of sp³-hybridized carbons (Fsp3) is 0.520. The molecule has 1 atom stereocenters. The van der Waals surface area contributed by atoms with Crippen molar-refractivity contribution in [1.82, 2.24) is 9.88 Å². The van der Waals surface area contributed by atoms with E-state index in [1.807, 2.05) is 36.7 Å². The molecule has 0 fully saturated rings. The van der Waals surface area contributed by atoms with Crippen molar-refractivity contribution in [3.63, 3.8) is 0 Å². The molecule has 2 rings (SSSR count). The van der Waals surface area contributed by atoms with Crippen LogP contribution in [0.15, 0.2) is 53.7 Å². The molecule has 1 aromatic heterocycles. The molecule has 0 saturated carbocycles. The van der Waals surface area contributed by atoms with Gasteiger partial charge in [0.05, 0.1) is 0 Å². The number of nitro groups is 1. The molecule has 0 bridgehead atoms. The number of halogens is 1. The van der Waals surface area contributed by atoms with Gasteiger partial charge < -0.3 is 4.90 Å². The van der Waals surface area contributed by atoms with E-state index in [-0.39, 0.29) is 17.4 Å². The Morgan fingerprint density at radius 1 is 1.12 bits per heavy atom. The van der Waals surface area contributed by atoms with Crippen molar-refractivity contribution in [1.29, 1.82) is 0 Å². The lowest BCUT2D eigenvalue weighted by Crippen LogP contribution is -2.23. The number of aliphatic imine (C=N–C) groups is 1. The predicted octanol–water partition coefficient (Wildman–Crippen LogP) is 6.18.